The number of nitro groups is 1. The number of hydrogen-bond acceptors (Lipinski definition) is 10. The summed E-state index contributed by atoms with van der Waals surface area (Å²) in [6.45, 7) is 2.15. The number of ether oxygens (including phenoxy) is 1. The number of non-ortho nitro benzene ring substituents is 1. The van der Waals surface area contributed by atoms with E-state index in [2.05, 4.69) is 20.4 Å². The van der Waals surface area contributed by atoms with Crippen LogP contribution in [0.15, 0.2) is 62.6 Å². The first-order valence-electron chi connectivity index (χ1n) is 8.79. The lowest BCUT2D eigenvalue weighted by Crippen LogP contribution is -1.95. The van der Waals surface area contributed by atoms with Crippen molar-refractivity contribution >= 4 is 17.4 Å². The van der Waals surface area contributed by atoms with E-state index in [1.807, 2.05) is 31.2 Å². The largest absolute Gasteiger partial charge is 0.484 e. The first-order chi connectivity index (χ1) is 14.6. The lowest BCUT2D eigenvalue weighted by atomic mass is 10.2. The Morgan fingerprint density at radius 1 is 1.03 bits per heavy atom. The number of rotatable bonds is 8. The number of aryl methyl sites for hydroxylation is 1. The zero-order valence-electron chi connectivity index (χ0n) is 15.7. The maximum atomic E-state index is 10.7. The van der Waals surface area contributed by atoms with Crippen LogP contribution >= 0.6 is 11.8 Å². The molecule has 0 saturated carbocycles. The van der Waals surface area contributed by atoms with Crippen molar-refractivity contribution in [2.45, 2.75) is 24.5 Å². The number of nitrogens with zero attached hydrogens (tertiary/aromatic N) is 5. The van der Waals surface area contributed by atoms with Gasteiger partial charge in [-0.3, -0.25) is 10.1 Å². The Hall–Kier alpha value is -3.73. The highest BCUT2D eigenvalue weighted by Crippen LogP contribution is 2.25. The molecule has 0 saturated heterocycles. The highest BCUT2D eigenvalue weighted by atomic mass is 32.2. The Bertz CT molecular complexity index is 1160. The summed E-state index contributed by atoms with van der Waals surface area (Å²) in [4.78, 5) is 10.3. The van der Waals surface area contributed by atoms with Gasteiger partial charge in [0.25, 0.3) is 16.8 Å². The minimum atomic E-state index is -0.468. The van der Waals surface area contributed by atoms with Crippen molar-refractivity contribution in [1.82, 2.24) is 20.4 Å². The molecule has 0 radical (unpaired) electrons. The zero-order chi connectivity index (χ0) is 20.9. The molecule has 0 aliphatic heterocycles. The van der Waals surface area contributed by atoms with E-state index in [1.54, 1.807) is 12.1 Å². The molecular weight excluding hydrogens is 410 g/mol. The van der Waals surface area contributed by atoms with Crippen molar-refractivity contribution in [3.05, 3.63) is 76.0 Å². The second-order valence-corrected chi connectivity index (χ2v) is 7.09. The topological polar surface area (TPSA) is 130 Å². The molecule has 30 heavy (non-hydrogen) atoms. The molecule has 2 aromatic heterocycles. The number of thioether (sulfide) groups is 1. The molecule has 0 fully saturated rings. The van der Waals surface area contributed by atoms with Gasteiger partial charge in [0.05, 0.1) is 10.7 Å². The van der Waals surface area contributed by atoms with Gasteiger partial charge in [0.15, 0.2) is 6.61 Å². The second-order valence-electron chi connectivity index (χ2n) is 6.16. The van der Waals surface area contributed by atoms with Gasteiger partial charge in [-0.25, -0.2) is 0 Å². The summed E-state index contributed by atoms with van der Waals surface area (Å²) in [5, 5.41) is 26.9. The van der Waals surface area contributed by atoms with Gasteiger partial charge in [0.2, 0.25) is 11.8 Å². The molecule has 4 rings (SSSR count). The van der Waals surface area contributed by atoms with E-state index in [1.165, 1.54) is 23.9 Å². The predicted octanol–water partition coefficient (Wildman–Crippen LogP) is 4.21. The molecule has 0 aliphatic rings. The van der Waals surface area contributed by atoms with Crippen LogP contribution in [-0.4, -0.2) is 25.3 Å². The highest BCUT2D eigenvalue weighted by Gasteiger charge is 2.13. The number of nitro benzene ring substituents is 1. The molecule has 0 N–H and O–H groups in total. The summed E-state index contributed by atoms with van der Waals surface area (Å²) >= 11 is 1.25. The monoisotopic (exact) mass is 425 g/mol. The normalized spacial score (nSPS) is 10.8. The van der Waals surface area contributed by atoms with Crippen LogP contribution in [0, 0.1) is 17.0 Å². The van der Waals surface area contributed by atoms with E-state index in [-0.39, 0.29) is 18.2 Å². The lowest BCUT2D eigenvalue weighted by Gasteiger charge is -2.03. The minimum Gasteiger partial charge on any atom is -0.484 e. The first-order valence-corrected chi connectivity index (χ1v) is 9.77. The molecule has 0 atom stereocenters. The standard InChI is InChI=1S/C19H15N5O5S/c1-12-3-2-4-15(9-12)27-10-16-20-23-19(29-16)30-11-17-21-22-18(28-17)13-5-7-14(8-6-13)24(25)26/h2-9H,10-11H2,1H3. The first kappa shape index (κ1) is 19.6. The van der Waals surface area contributed by atoms with E-state index in [9.17, 15) is 10.1 Å². The summed E-state index contributed by atoms with van der Waals surface area (Å²) in [5.74, 6) is 2.06. The molecular formula is C19H15N5O5S. The van der Waals surface area contributed by atoms with Crippen LogP contribution < -0.4 is 4.74 Å². The maximum absolute atomic E-state index is 10.7. The molecule has 0 bridgehead atoms. The van der Waals surface area contributed by atoms with Crippen LogP contribution in [0.3, 0.4) is 0 Å². The molecule has 0 amide bonds. The third-order valence-corrected chi connectivity index (χ3v) is 4.71. The summed E-state index contributed by atoms with van der Waals surface area (Å²) in [6, 6.07) is 13.6. The smallest absolute Gasteiger partial charge is 0.277 e. The van der Waals surface area contributed by atoms with Gasteiger partial charge >= 0.3 is 0 Å². The van der Waals surface area contributed by atoms with E-state index in [0.29, 0.717) is 28.3 Å². The molecule has 0 aliphatic carbocycles. The number of benzene rings is 2. The Morgan fingerprint density at radius 3 is 2.60 bits per heavy atom. The van der Waals surface area contributed by atoms with E-state index >= 15 is 0 Å². The zero-order valence-corrected chi connectivity index (χ0v) is 16.5. The van der Waals surface area contributed by atoms with Gasteiger partial charge in [-0.15, -0.1) is 20.4 Å². The van der Waals surface area contributed by atoms with Crippen molar-refractivity contribution in [3.8, 4) is 17.2 Å². The minimum absolute atomic E-state index is 0.00683. The van der Waals surface area contributed by atoms with Crippen molar-refractivity contribution < 1.29 is 18.5 Å². The number of hydrogen-bond donors (Lipinski definition) is 0. The molecule has 10 nitrogen and oxygen atoms in total. The molecule has 11 heteroatoms. The van der Waals surface area contributed by atoms with Gasteiger partial charge in [0, 0.05) is 17.7 Å². The summed E-state index contributed by atoms with van der Waals surface area (Å²) in [7, 11) is 0. The fraction of sp³-hybridized carbons (Fsp3) is 0.158. The van der Waals surface area contributed by atoms with E-state index in [0.717, 1.165) is 11.3 Å². The predicted molar refractivity (Wildman–Crippen MR) is 106 cm³/mol. The quantitative estimate of drug-likeness (QED) is 0.230. The van der Waals surface area contributed by atoms with Crippen LogP contribution in [0.1, 0.15) is 17.3 Å². The number of aromatic nitrogens is 4. The average Bonchev–Trinajstić information content (AvgIpc) is 3.40. The molecule has 152 valence electrons. The van der Waals surface area contributed by atoms with Crippen molar-refractivity contribution in [2.24, 2.45) is 0 Å². The summed E-state index contributed by atoms with van der Waals surface area (Å²) in [5.41, 5.74) is 1.69. The third kappa shape index (κ3) is 4.81. The molecule has 2 heterocycles. The maximum Gasteiger partial charge on any atom is 0.277 e. The average molecular weight is 425 g/mol. The second kappa shape index (κ2) is 8.74. The van der Waals surface area contributed by atoms with Crippen LogP contribution in [0.2, 0.25) is 0 Å². The summed E-state index contributed by atoms with van der Waals surface area (Å²) in [6.07, 6.45) is 0. The Kier molecular flexibility index (Phi) is 5.70. The Labute approximate surface area is 174 Å². The Morgan fingerprint density at radius 2 is 1.83 bits per heavy atom. The third-order valence-electron chi connectivity index (χ3n) is 3.91. The van der Waals surface area contributed by atoms with E-state index in [4.69, 9.17) is 13.6 Å². The van der Waals surface area contributed by atoms with Crippen molar-refractivity contribution in [3.63, 3.8) is 0 Å². The van der Waals surface area contributed by atoms with Gasteiger partial charge in [0.1, 0.15) is 5.75 Å². The lowest BCUT2D eigenvalue weighted by molar-refractivity contribution is -0.384. The SMILES string of the molecule is Cc1cccc(OCc2nnc(SCc3nnc(-c4ccc([N+](=O)[O-])cc4)o3)o2)c1. The van der Waals surface area contributed by atoms with Crippen LogP contribution in [0.25, 0.3) is 11.5 Å². The van der Waals surface area contributed by atoms with Crippen LogP contribution in [0.5, 0.6) is 5.75 Å². The fourth-order valence-electron chi connectivity index (χ4n) is 2.48. The fourth-order valence-corrected chi connectivity index (χ4v) is 3.10. The molecule has 4 aromatic rings. The summed E-state index contributed by atoms with van der Waals surface area (Å²) < 4.78 is 16.8. The van der Waals surface area contributed by atoms with Crippen molar-refractivity contribution in [1.29, 1.82) is 0 Å². The van der Waals surface area contributed by atoms with Gasteiger partial charge in [-0.2, -0.15) is 0 Å². The molecule has 0 spiro atoms. The Balaban J connectivity index is 1.31. The molecule has 2 aromatic carbocycles. The highest BCUT2D eigenvalue weighted by molar-refractivity contribution is 7.98. The van der Waals surface area contributed by atoms with E-state index < -0.39 is 4.92 Å². The van der Waals surface area contributed by atoms with Gasteiger partial charge < -0.3 is 13.6 Å². The molecule has 0 unspecified atom stereocenters. The van der Waals surface area contributed by atoms with Gasteiger partial charge in [-0.1, -0.05) is 23.9 Å². The van der Waals surface area contributed by atoms with Gasteiger partial charge in [-0.05, 0) is 36.8 Å². The van der Waals surface area contributed by atoms with Crippen LogP contribution in [-0.2, 0) is 12.4 Å². The van der Waals surface area contributed by atoms with Crippen LogP contribution in [0.4, 0.5) is 5.69 Å². The van der Waals surface area contributed by atoms with Crippen molar-refractivity contribution in [2.75, 3.05) is 0 Å².